The Morgan fingerprint density at radius 2 is 1.91 bits per heavy atom. The van der Waals surface area contributed by atoms with Crippen molar-refractivity contribution in [3.05, 3.63) is 75.7 Å². The number of halogens is 1. The Kier molecular flexibility index (Phi) is 5.83. The summed E-state index contributed by atoms with van der Waals surface area (Å²) in [6.07, 6.45) is 3.89. The van der Waals surface area contributed by atoms with Gasteiger partial charge in [0.2, 0.25) is 5.91 Å². The predicted molar refractivity (Wildman–Crippen MR) is 125 cm³/mol. The van der Waals surface area contributed by atoms with Crippen LogP contribution in [0.1, 0.15) is 31.4 Å². The molecule has 168 valence electrons. The van der Waals surface area contributed by atoms with E-state index in [4.69, 9.17) is 16.3 Å². The predicted octanol–water partition coefficient (Wildman–Crippen LogP) is 4.45. The van der Waals surface area contributed by atoms with E-state index in [0.29, 0.717) is 28.0 Å². The number of carbonyl (C=O) groups excluding carboxylic acids is 1. The van der Waals surface area contributed by atoms with Crippen LogP contribution in [0.15, 0.2) is 59.4 Å². The molecule has 2 aromatic carbocycles. The number of ether oxygens (including phenoxy) is 1. The highest BCUT2D eigenvalue weighted by Crippen LogP contribution is 2.34. The second-order valence-corrected chi connectivity index (χ2v) is 8.44. The van der Waals surface area contributed by atoms with Crippen LogP contribution in [0.2, 0.25) is 5.02 Å². The summed E-state index contributed by atoms with van der Waals surface area (Å²) in [5.41, 5.74) is 1.40. The lowest BCUT2D eigenvalue weighted by Gasteiger charge is -2.16. The van der Waals surface area contributed by atoms with Crippen LogP contribution in [-0.2, 0) is 11.4 Å². The number of H-pyrrole nitrogens is 1. The number of nitrogens with one attached hydrogen (secondary N) is 2. The maximum atomic E-state index is 12.6. The quantitative estimate of drug-likeness (QED) is 0.440. The van der Waals surface area contributed by atoms with Crippen molar-refractivity contribution in [2.24, 2.45) is 5.92 Å². The average molecular weight is 464 g/mol. The second kappa shape index (κ2) is 9.07. The van der Waals surface area contributed by atoms with E-state index < -0.39 is 0 Å². The van der Waals surface area contributed by atoms with Crippen molar-refractivity contribution in [2.45, 2.75) is 32.3 Å². The van der Waals surface area contributed by atoms with Gasteiger partial charge in [-0.15, -0.1) is 0 Å². The molecule has 0 radical (unpaired) electrons. The highest BCUT2D eigenvalue weighted by molar-refractivity contribution is 6.34. The second-order valence-electron chi connectivity index (χ2n) is 8.03. The van der Waals surface area contributed by atoms with Crippen LogP contribution in [0.25, 0.3) is 17.2 Å². The van der Waals surface area contributed by atoms with Crippen LogP contribution < -0.4 is 15.6 Å². The Morgan fingerprint density at radius 3 is 2.70 bits per heavy atom. The summed E-state index contributed by atoms with van der Waals surface area (Å²) in [4.78, 5) is 34.1. The molecular formula is C24H22ClN5O3. The zero-order valence-corrected chi connectivity index (χ0v) is 18.5. The van der Waals surface area contributed by atoms with E-state index in [2.05, 4.69) is 20.4 Å². The van der Waals surface area contributed by atoms with E-state index in [-0.39, 0.29) is 29.8 Å². The Morgan fingerprint density at radius 1 is 1.12 bits per heavy atom. The van der Waals surface area contributed by atoms with Crippen molar-refractivity contribution < 1.29 is 9.53 Å². The molecule has 5 rings (SSSR count). The summed E-state index contributed by atoms with van der Waals surface area (Å²) in [5, 5.41) is 6.28. The number of rotatable bonds is 6. The van der Waals surface area contributed by atoms with E-state index in [1.54, 1.807) is 18.2 Å². The smallest absolute Gasteiger partial charge is 0.274 e. The first-order valence-electron chi connectivity index (χ1n) is 10.8. The fourth-order valence-electron chi connectivity index (χ4n) is 4.04. The number of benzene rings is 2. The number of aromatic nitrogens is 4. The fourth-order valence-corrected chi connectivity index (χ4v) is 4.25. The SMILES string of the molecule is O=C(Nc1c(Cl)cccc1OCc1cc(=O)n2[nH]c(-c3ccccc3)nc2n1)C1CCCC1. The molecule has 2 aromatic heterocycles. The molecule has 9 heteroatoms. The molecule has 1 saturated carbocycles. The summed E-state index contributed by atoms with van der Waals surface area (Å²) in [5.74, 6) is 1.17. The molecule has 0 spiro atoms. The molecule has 1 aliphatic rings. The van der Waals surface area contributed by atoms with Crippen molar-refractivity contribution in [3.8, 4) is 17.1 Å². The monoisotopic (exact) mass is 463 g/mol. The van der Waals surface area contributed by atoms with E-state index in [9.17, 15) is 9.59 Å². The van der Waals surface area contributed by atoms with Gasteiger partial charge in [0.1, 0.15) is 18.0 Å². The molecule has 0 aliphatic heterocycles. The van der Waals surface area contributed by atoms with Crippen LogP contribution in [0.5, 0.6) is 5.75 Å². The lowest BCUT2D eigenvalue weighted by atomic mass is 10.1. The van der Waals surface area contributed by atoms with Gasteiger partial charge in [-0.25, -0.2) is 4.98 Å². The van der Waals surface area contributed by atoms with Gasteiger partial charge in [0.15, 0.2) is 5.82 Å². The van der Waals surface area contributed by atoms with Crippen molar-refractivity contribution >= 4 is 29.0 Å². The number of fused-ring (bicyclic) bond motifs is 1. The molecular weight excluding hydrogens is 442 g/mol. The van der Waals surface area contributed by atoms with Gasteiger partial charge in [-0.1, -0.05) is 60.8 Å². The normalized spacial score (nSPS) is 14.0. The van der Waals surface area contributed by atoms with Crippen molar-refractivity contribution in [1.82, 2.24) is 19.6 Å². The fraction of sp³-hybridized carbons (Fsp3) is 0.250. The summed E-state index contributed by atoms with van der Waals surface area (Å²) in [6, 6.07) is 16.0. The summed E-state index contributed by atoms with van der Waals surface area (Å²) in [6.45, 7) is 0.0198. The molecule has 33 heavy (non-hydrogen) atoms. The van der Waals surface area contributed by atoms with Gasteiger partial charge >= 0.3 is 0 Å². The van der Waals surface area contributed by atoms with E-state index in [1.165, 1.54) is 10.6 Å². The standard InChI is InChI=1S/C24H22ClN5O3/c25-18-11-6-12-19(21(18)27-23(32)16-9-4-5-10-16)33-14-17-13-20(31)30-24(26-17)28-22(29-30)15-7-2-1-3-8-15/h1-3,6-8,11-13,16H,4-5,9-10,14H2,(H,27,32)(H,26,28,29). The van der Waals surface area contributed by atoms with Crippen molar-refractivity contribution in [2.75, 3.05) is 5.32 Å². The number of carbonyl (C=O) groups is 1. The van der Waals surface area contributed by atoms with E-state index in [0.717, 1.165) is 31.2 Å². The Balaban J connectivity index is 1.37. The zero-order chi connectivity index (χ0) is 22.8. The maximum absolute atomic E-state index is 12.6. The largest absolute Gasteiger partial charge is 0.485 e. The average Bonchev–Trinajstić information content (AvgIpc) is 3.51. The van der Waals surface area contributed by atoms with Crippen LogP contribution in [0.4, 0.5) is 5.69 Å². The lowest BCUT2D eigenvalue weighted by Crippen LogP contribution is -2.21. The van der Waals surface area contributed by atoms with Gasteiger partial charge in [-0.05, 0) is 25.0 Å². The first kappa shape index (κ1) is 21.2. The van der Waals surface area contributed by atoms with E-state index >= 15 is 0 Å². The Bertz CT molecular complexity index is 1360. The molecule has 0 bridgehead atoms. The minimum absolute atomic E-state index is 0.00304. The molecule has 0 saturated heterocycles. The van der Waals surface area contributed by atoms with Crippen LogP contribution in [-0.4, -0.2) is 25.5 Å². The van der Waals surface area contributed by atoms with E-state index in [1.807, 2.05) is 30.3 Å². The molecule has 8 nitrogen and oxygen atoms in total. The third-order valence-electron chi connectivity index (χ3n) is 5.76. The molecule has 0 atom stereocenters. The Labute approximate surface area is 194 Å². The minimum Gasteiger partial charge on any atom is -0.485 e. The van der Waals surface area contributed by atoms with Crippen LogP contribution in [0.3, 0.4) is 0 Å². The third kappa shape index (κ3) is 4.47. The van der Waals surface area contributed by atoms with Crippen molar-refractivity contribution in [3.63, 3.8) is 0 Å². The maximum Gasteiger partial charge on any atom is 0.274 e. The van der Waals surface area contributed by atoms with Gasteiger partial charge < -0.3 is 10.1 Å². The molecule has 4 aromatic rings. The zero-order valence-electron chi connectivity index (χ0n) is 17.8. The summed E-state index contributed by atoms with van der Waals surface area (Å²) < 4.78 is 7.21. The summed E-state index contributed by atoms with van der Waals surface area (Å²) >= 11 is 6.35. The van der Waals surface area contributed by atoms with Gasteiger partial charge in [-0.3, -0.25) is 14.7 Å². The molecule has 2 N–H and O–H groups in total. The number of hydrogen-bond acceptors (Lipinski definition) is 5. The number of nitrogens with zero attached hydrogens (tertiary/aromatic N) is 3. The highest BCUT2D eigenvalue weighted by atomic mass is 35.5. The van der Waals surface area contributed by atoms with Gasteiger partial charge in [0, 0.05) is 17.5 Å². The molecule has 1 fully saturated rings. The number of anilines is 1. The van der Waals surface area contributed by atoms with Gasteiger partial charge in [0.25, 0.3) is 11.3 Å². The molecule has 1 aliphatic carbocycles. The topological polar surface area (TPSA) is 101 Å². The van der Waals surface area contributed by atoms with Crippen LogP contribution in [0, 0.1) is 5.92 Å². The Hall–Kier alpha value is -3.65. The number of amides is 1. The number of para-hydroxylation sites is 1. The van der Waals surface area contributed by atoms with Crippen molar-refractivity contribution in [1.29, 1.82) is 0 Å². The molecule has 1 amide bonds. The molecule has 2 heterocycles. The first-order valence-corrected chi connectivity index (χ1v) is 11.2. The highest BCUT2D eigenvalue weighted by Gasteiger charge is 2.24. The minimum atomic E-state index is -0.297. The number of hydrogen-bond donors (Lipinski definition) is 2. The molecule has 0 unspecified atom stereocenters. The first-order chi connectivity index (χ1) is 16.1. The summed E-state index contributed by atoms with van der Waals surface area (Å²) in [7, 11) is 0. The van der Waals surface area contributed by atoms with Crippen LogP contribution >= 0.6 is 11.6 Å². The number of aromatic amines is 1. The van der Waals surface area contributed by atoms with Gasteiger partial charge in [0.05, 0.1) is 10.7 Å². The lowest BCUT2D eigenvalue weighted by molar-refractivity contribution is -0.119. The van der Waals surface area contributed by atoms with Gasteiger partial charge in [-0.2, -0.15) is 9.50 Å². The third-order valence-corrected chi connectivity index (χ3v) is 6.07.